The summed E-state index contributed by atoms with van der Waals surface area (Å²) in [5.41, 5.74) is 1.98. The quantitative estimate of drug-likeness (QED) is 0.917. The van der Waals surface area contributed by atoms with Crippen LogP contribution < -0.4 is 10.4 Å². The molecule has 1 fully saturated rings. The van der Waals surface area contributed by atoms with Crippen LogP contribution in [0.25, 0.3) is 11.3 Å². The van der Waals surface area contributed by atoms with Crippen molar-refractivity contribution in [1.29, 1.82) is 0 Å². The molecular formula is C20H22N2O4. The molecule has 1 N–H and O–H groups in total. The molecule has 0 aliphatic carbocycles. The standard InChI is InChI=1S/C20H22N2O4/c1-20(2)9-12(11-26-3)18-14-7-5-4-6-13(14)16-8-17(23)15(19(24)25)10-21(16)22(18)20/h4-8,10,12,18H,9,11H2,1-3H3,(H,24,25). The fraction of sp³-hybridized carbons (Fsp3) is 0.400. The number of aromatic nitrogens is 1. The topological polar surface area (TPSA) is 71.8 Å². The lowest BCUT2D eigenvalue weighted by atomic mass is 9.88. The monoisotopic (exact) mass is 354 g/mol. The van der Waals surface area contributed by atoms with Crippen molar-refractivity contribution in [3.05, 3.63) is 57.9 Å². The third-order valence-corrected chi connectivity index (χ3v) is 5.52. The molecule has 2 aromatic rings. The smallest absolute Gasteiger partial charge is 0.341 e. The third kappa shape index (κ3) is 2.29. The van der Waals surface area contributed by atoms with E-state index in [1.165, 1.54) is 12.3 Å². The molecule has 1 aromatic carbocycles. The number of carbonyl (C=O) groups is 1. The van der Waals surface area contributed by atoms with Crippen LogP contribution in [0.1, 0.15) is 42.2 Å². The largest absolute Gasteiger partial charge is 0.477 e. The molecule has 1 aromatic heterocycles. The number of carboxylic acids is 1. The molecule has 6 heteroatoms. The van der Waals surface area contributed by atoms with E-state index in [4.69, 9.17) is 4.74 Å². The van der Waals surface area contributed by atoms with Gasteiger partial charge < -0.3 is 9.84 Å². The van der Waals surface area contributed by atoms with Crippen LogP contribution in [0.3, 0.4) is 0 Å². The van der Waals surface area contributed by atoms with Crippen molar-refractivity contribution < 1.29 is 14.6 Å². The highest BCUT2D eigenvalue weighted by atomic mass is 16.5. The molecule has 26 heavy (non-hydrogen) atoms. The third-order valence-electron chi connectivity index (χ3n) is 5.52. The lowest BCUT2D eigenvalue weighted by molar-refractivity contribution is 0.0694. The van der Waals surface area contributed by atoms with Crippen LogP contribution >= 0.6 is 0 Å². The maximum absolute atomic E-state index is 12.3. The molecule has 0 spiro atoms. The number of benzene rings is 1. The summed E-state index contributed by atoms with van der Waals surface area (Å²) < 4.78 is 7.34. The predicted octanol–water partition coefficient (Wildman–Crippen LogP) is 2.65. The molecule has 0 radical (unpaired) electrons. The molecule has 1 saturated heterocycles. The second-order valence-corrected chi connectivity index (χ2v) is 7.69. The lowest BCUT2D eigenvalue weighted by Gasteiger charge is -2.45. The second-order valence-electron chi connectivity index (χ2n) is 7.69. The van der Waals surface area contributed by atoms with Gasteiger partial charge in [0.2, 0.25) is 0 Å². The molecule has 136 valence electrons. The van der Waals surface area contributed by atoms with Crippen LogP contribution in [0.4, 0.5) is 0 Å². The maximum atomic E-state index is 12.3. The first-order chi connectivity index (χ1) is 12.3. The van der Waals surface area contributed by atoms with Crippen molar-refractivity contribution in [2.75, 3.05) is 18.7 Å². The molecule has 4 rings (SSSR count). The molecular weight excluding hydrogens is 332 g/mol. The van der Waals surface area contributed by atoms with Gasteiger partial charge in [-0.2, -0.15) is 0 Å². The first kappa shape index (κ1) is 16.8. The number of hydrogen-bond acceptors (Lipinski definition) is 4. The van der Waals surface area contributed by atoms with Crippen molar-refractivity contribution >= 4 is 5.97 Å². The Balaban J connectivity index is 2.02. The van der Waals surface area contributed by atoms with Crippen LogP contribution in [-0.2, 0) is 4.74 Å². The van der Waals surface area contributed by atoms with Gasteiger partial charge >= 0.3 is 5.97 Å². The van der Waals surface area contributed by atoms with Gasteiger partial charge in [-0.1, -0.05) is 24.3 Å². The zero-order chi connectivity index (χ0) is 18.6. The van der Waals surface area contributed by atoms with Gasteiger partial charge in [-0.15, -0.1) is 0 Å². The minimum atomic E-state index is -1.20. The predicted molar refractivity (Wildman–Crippen MR) is 98.1 cm³/mol. The first-order valence-corrected chi connectivity index (χ1v) is 8.73. The molecule has 2 aliphatic heterocycles. The molecule has 0 saturated carbocycles. The van der Waals surface area contributed by atoms with E-state index < -0.39 is 11.4 Å². The van der Waals surface area contributed by atoms with Crippen molar-refractivity contribution in [2.45, 2.75) is 31.8 Å². The van der Waals surface area contributed by atoms with Gasteiger partial charge in [0.05, 0.1) is 23.9 Å². The average molecular weight is 354 g/mol. The zero-order valence-corrected chi connectivity index (χ0v) is 15.1. The van der Waals surface area contributed by atoms with E-state index in [9.17, 15) is 14.7 Å². The van der Waals surface area contributed by atoms with E-state index in [0.717, 1.165) is 23.2 Å². The van der Waals surface area contributed by atoms with Gasteiger partial charge in [0.15, 0.2) is 5.43 Å². The summed E-state index contributed by atoms with van der Waals surface area (Å²) in [5.74, 6) is -0.928. The number of rotatable bonds is 3. The zero-order valence-electron chi connectivity index (χ0n) is 15.1. The lowest BCUT2D eigenvalue weighted by Crippen LogP contribution is -2.50. The average Bonchev–Trinajstić information content (AvgIpc) is 2.86. The first-order valence-electron chi connectivity index (χ1n) is 8.73. The summed E-state index contributed by atoms with van der Waals surface area (Å²) in [6.07, 6.45) is 2.38. The van der Waals surface area contributed by atoms with Gasteiger partial charge in [-0.25, -0.2) is 4.79 Å². The summed E-state index contributed by atoms with van der Waals surface area (Å²) in [6.45, 7) is 4.91. The van der Waals surface area contributed by atoms with Crippen LogP contribution in [0.5, 0.6) is 0 Å². The van der Waals surface area contributed by atoms with E-state index in [-0.39, 0.29) is 23.1 Å². The Hall–Kier alpha value is -2.60. The normalized spacial score (nSPS) is 22.5. The highest BCUT2D eigenvalue weighted by Crippen LogP contribution is 2.50. The molecule has 0 amide bonds. The van der Waals surface area contributed by atoms with Crippen LogP contribution in [0, 0.1) is 5.92 Å². The fourth-order valence-corrected chi connectivity index (χ4v) is 4.65. The minimum absolute atomic E-state index is 0.0674. The molecule has 6 nitrogen and oxygen atoms in total. The van der Waals surface area contributed by atoms with Crippen molar-refractivity contribution in [3.8, 4) is 11.3 Å². The summed E-state index contributed by atoms with van der Waals surface area (Å²) in [5, 5.41) is 11.6. The number of carboxylic acid groups (broad SMARTS) is 1. The van der Waals surface area contributed by atoms with E-state index in [1.54, 1.807) is 7.11 Å². The van der Waals surface area contributed by atoms with E-state index >= 15 is 0 Å². The van der Waals surface area contributed by atoms with Crippen molar-refractivity contribution in [3.63, 3.8) is 0 Å². The summed E-state index contributed by atoms with van der Waals surface area (Å²) in [4.78, 5) is 23.9. The number of hydrogen-bond donors (Lipinski definition) is 1. The number of fused-ring (bicyclic) bond motifs is 6. The number of ether oxygens (including phenoxy) is 1. The summed E-state index contributed by atoms with van der Waals surface area (Å²) in [7, 11) is 1.71. The molecule has 3 heterocycles. The second kappa shape index (κ2) is 5.71. The Labute approximate surface area is 151 Å². The molecule has 0 bridgehead atoms. The maximum Gasteiger partial charge on any atom is 0.341 e. The highest BCUT2D eigenvalue weighted by Gasteiger charge is 2.50. The SMILES string of the molecule is COCC1CC(C)(C)N2C1c1ccccc1-c1cc(=O)c(C(=O)O)cn12. The fourth-order valence-electron chi connectivity index (χ4n) is 4.65. The van der Waals surface area contributed by atoms with Crippen LogP contribution in [0.15, 0.2) is 41.3 Å². The number of methoxy groups -OCH3 is 1. The number of nitrogens with zero attached hydrogens (tertiary/aromatic N) is 2. The van der Waals surface area contributed by atoms with Gasteiger partial charge in [-0.05, 0) is 25.8 Å². The van der Waals surface area contributed by atoms with Crippen molar-refractivity contribution in [1.82, 2.24) is 4.68 Å². The Morgan fingerprint density at radius 1 is 1.35 bits per heavy atom. The van der Waals surface area contributed by atoms with Gasteiger partial charge in [-0.3, -0.25) is 14.5 Å². The number of pyridine rings is 1. The van der Waals surface area contributed by atoms with Gasteiger partial charge in [0.1, 0.15) is 5.56 Å². The molecule has 2 atom stereocenters. The Morgan fingerprint density at radius 3 is 2.77 bits per heavy atom. The Morgan fingerprint density at radius 2 is 2.08 bits per heavy atom. The Kier molecular flexibility index (Phi) is 3.70. The van der Waals surface area contributed by atoms with Gasteiger partial charge in [0.25, 0.3) is 0 Å². The van der Waals surface area contributed by atoms with Crippen LogP contribution in [-0.4, -0.2) is 35.0 Å². The molecule has 2 aliphatic rings. The summed E-state index contributed by atoms with van der Waals surface area (Å²) >= 11 is 0. The van der Waals surface area contributed by atoms with E-state index in [1.807, 2.05) is 22.9 Å². The molecule has 2 unspecified atom stereocenters. The number of aromatic carboxylic acids is 1. The van der Waals surface area contributed by atoms with Crippen molar-refractivity contribution in [2.24, 2.45) is 5.92 Å². The Bertz CT molecular complexity index is 947. The van der Waals surface area contributed by atoms with Gasteiger partial charge in [0, 0.05) is 30.9 Å². The minimum Gasteiger partial charge on any atom is -0.477 e. The van der Waals surface area contributed by atoms with E-state index in [2.05, 4.69) is 24.9 Å². The van der Waals surface area contributed by atoms with E-state index in [0.29, 0.717) is 6.61 Å². The van der Waals surface area contributed by atoms with Crippen LogP contribution in [0.2, 0.25) is 0 Å². The summed E-state index contributed by atoms with van der Waals surface area (Å²) in [6, 6.07) is 9.55. The highest BCUT2D eigenvalue weighted by molar-refractivity contribution is 5.88.